The second-order valence-electron chi connectivity index (χ2n) is 4.34. The van der Waals surface area contributed by atoms with Gasteiger partial charge in [0.15, 0.2) is 0 Å². The number of aliphatic hydroxyl groups is 1. The number of aromatic nitrogens is 3. The van der Waals surface area contributed by atoms with Crippen LogP contribution >= 0.6 is 11.8 Å². The second-order valence-corrected chi connectivity index (χ2v) is 5.42. The molecule has 2 N–H and O–H groups in total. The van der Waals surface area contributed by atoms with E-state index in [0.717, 1.165) is 5.82 Å². The van der Waals surface area contributed by atoms with E-state index in [4.69, 9.17) is 0 Å². The van der Waals surface area contributed by atoms with E-state index >= 15 is 0 Å². The molecule has 98 valence electrons. The smallest absolute Gasteiger partial charge is 0.141 e. The Morgan fingerprint density at radius 1 is 1.47 bits per heavy atom. The monoisotopic (exact) mass is 258 g/mol. The number of thioether (sulfide) groups is 1. The SMILES string of the molecule is CSC(CO)C(C)NCc1ncnn1C(C)C. The maximum Gasteiger partial charge on any atom is 0.141 e. The third kappa shape index (κ3) is 3.97. The highest BCUT2D eigenvalue weighted by Crippen LogP contribution is 2.11. The highest BCUT2D eigenvalue weighted by Gasteiger charge is 2.16. The van der Waals surface area contributed by atoms with Crippen molar-refractivity contribution in [2.24, 2.45) is 0 Å². The fourth-order valence-corrected chi connectivity index (χ4v) is 2.31. The van der Waals surface area contributed by atoms with Crippen LogP contribution in [0.2, 0.25) is 0 Å². The van der Waals surface area contributed by atoms with Crippen LogP contribution in [0.15, 0.2) is 6.33 Å². The summed E-state index contributed by atoms with van der Waals surface area (Å²) >= 11 is 1.67. The minimum Gasteiger partial charge on any atom is -0.395 e. The summed E-state index contributed by atoms with van der Waals surface area (Å²) in [7, 11) is 0. The van der Waals surface area contributed by atoms with Gasteiger partial charge < -0.3 is 10.4 Å². The molecule has 5 nitrogen and oxygen atoms in total. The molecule has 0 aliphatic heterocycles. The molecule has 1 heterocycles. The normalized spacial score (nSPS) is 15.2. The summed E-state index contributed by atoms with van der Waals surface area (Å²) in [6.07, 6.45) is 3.59. The van der Waals surface area contributed by atoms with Gasteiger partial charge in [-0.2, -0.15) is 16.9 Å². The summed E-state index contributed by atoms with van der Waals surface area (Å²) in [5.74, 6) is 0.935. The van der Waals surface area contributed by atoms with Crippen LogP contribution in [0.4, 0.5) is 0 Å². The molecule has 0 amide bonds. The molecule has 1 rings (SSSR count). The first-order chi connectivity index (χ1) is 8.10. The molecule has 0 fully saturated rings. The molecule has 0 aliphatic carbocycles. The van der Waals surface area contributed by atoms with Gasteiger partial charge in [0.05, 0.1) is 13.2 Å². The van der Waals surface area contributed by atoms with Crippen molar-refractivity contribution in [3.8, 4) is 0 Å². The summed E-state index contributed by atoms with van der Waals surface area (Å²) in [6, 6.07) is 0.561. The number of aliphatic hydroxyl groups excluding tert-OH is 1. The maximum absolute atomic E-state index is 9.20. The molecule has 2 atom stereocenters. The van der Waals surface area contributed by atoms with E-state index in [2.05, 4.69) is 36.2 Å². The second kappa shape index (κ2) is 6.98. The largest absolute Gasteiger partial charge is 0.395 e. The fourth-order valence-electron chi connectivity index (χ4n) is 1.65. The predicted molar refractivity (Wildman–Crippen MR) is 71.1 cm³/mol. The quantitative estimate of drug-likeness (QED) is 0.766. The summed E-state index contributed by atoms with van der Waals surface area (Å²) < 4.78 is 1.91. The van der Waals surface area contributed by atoms with Crippen LogP contribution in [0.3, 0.4) is 0 Å². The Balaban J connectivity index is 2.52. The van der Waals surface area contributed by atoms with Gasteiger partial charge in [-0.15, -0.1) is 0 Å². The van der Waals surface area contributed by atoms with Crippen molar-refractivity contribution in [3.05, 3.63) is 12.2 Å². The number of rotatable bonds is 7. The molecule has 0 aliphatic rings. The van der Waals surface area contributed by atoms with E-state index in [-0.39, 0.29) is 17.9 Å². The lowest BCUT2D eigenvalue weighted by molar-refractivity contribution is 0.275. The van der Waals surface area contributed by atoms with Crippen LogP contribution in [0, 0.1) is 0 Å². The van der Waals surface area contributed by atoms with E-state index in [1.807, 2.05) is 10.9 Å². The average Bonchev–Trinajstić information content (AvgIpc) is 2.76. The molecule has 2 unspecified atom stereocenters. The Morgan fingerprint density at radius 3 is 2.71 bits per heavy atom. The summed E-state index contributed by atoms with van der Waals surface area (Å²) in [5, 5.41) is 17.0. The molecule has 0 spiro atoms. The first-order valence-electron chi connectivity index (χ1n) is 5.85. The third-order valence-electron chi connectivity index (χ3n) is 2.76. The summed E-state index contributed by atoms with van der Waals surface area (Å²) in [5.41, 5.74) is 0. The first kappa shape index (κ1) is 14.5. The van der Waals surface area contributed by atoms with Crippen LogP contribution in [-0.2, 0) is 6.54 Å². The highest BCUT2D eigenvalue weighted by atomic mass is 32.2. The zero-order valence-corrected chi connectivity index (χ0v) is 11.7. The van der Waals surface area contributed by atoms with Crippen molar-refractivity contribution >= 4 is 11.8 Å². The molecule has 0 saturated heterocycles. The lowest BCUT2D eigenvalue weighted by atomic mass is 10.2. The Morgan fingerprint density at radius 2 is 2.18 bits per heavy atom. The zero-order valence-electron chi connectivity index (χ0n) is 10.9. The van der Waals surface area contributed by atoms with Crippen LogP contribution in [0.5, 0.6) is 0 Å². The predicted octanol–water partition coefficient (Wildman–Crippen LogP) is 1.06. The van der Waals surface area contributed by atoms with Gasteiger partial charge in [0.1, 0.15) is 12.2 Å². The van der Waals surface area contributed by atoms with Gasteiger partial charge in [0.2, 0.25) is 0 Å². The van der Waals surface area contributed by atoms with Crippen LogP contribution in [-0.4, -0.2) is 44.0 Å². The zero-order chi connectivity index (χ0) is 12.8. The van der Waals surface area contributed by atoms with Crippen molar-refractivity contribution in [1.82, 2.24) is 20.1 Å². The molecule has 0 saturated carbocycles. The van der Waals surface area contributed by atoms with Crippen molar-refractivity contribution in [1.29, 1.82) is 0 Å². The molecule has 0 aromatic carbocycles. The van der Waals surface area contributed by atoms with Crippen LogP contribution < -0.4 is 5.32 Å². The Labute approximate surface area is 107 Å². The van der Waals surface area contributed by atoms with Crippen molar-refractivity contribution < 1.29 is 5.11 Å². The van der Waals surface area contributed by atoms with Gasteiger partial charge >= 0.3 is 0 Å². The van der Waals surface area contributed by atoms with Crippen LogP contribution in [0.1, 0.15) is 32.6 Å². The minimum absolute atomic E-state index is 0.187. The van der Waals surface area contributed by atoms with Gasteiger partial charge in [0.25, 0.3) is 0 Å². The van der Waals surface area contributed by atoms with E-state index in [1.54, 1.807) is 18.1 Å². The molecular weight excluding hydrogens is 236 g/mol. The summed E-state index contributed by atoms with van der Waals surface area (Å²) in [4.78, 5) is 4.24. The minimum atomic E-state index is 0.187. The molecule has 6 heteroatoms. The van der Waals surface area contributed by atoms with E-state index in [0.29, 0.717) is 12.6 Å². The van der Waals surface area contributed by atoms with E-state index in [9.17, 15) is 5.11 Å². The van der Waals surface area contributed by atoms with Gasteiger partial charge in [-0.1, -0.05) is 0 Å². The van der Waals surface area contributed by atoms with E-state index < -0.39 is 0 Å². The van der Waals surface area contributed by atoms with Crippen molar-refractivity contribution in [3.63, 3.8) is 0 Å². The van der Waals surface area contributed by atoms with Gasteiger partial charge in [-0.3, -0.25) is 0 Å². The lowest BCUT2D eigenvalue weighted by Gasteiger charge is -2.21. The number of nitrogens with zero attached hydrogens (tertiary/aromatic N) is 3. The van der Waals surface area contributed by atoms with Crippen molar-refractivity contribution in [2.75, 3.05) is 12.9 Å². The van der Waals surface area contributed by atoms with E-state index in [1.165, 1.54) is 0 Å². The third-order valence-corrected chi connectivity index (χ3v) is 3.92. The lowest BCUT2D eigenvalue weighted by Crippen LogP contribution is -2.37. The molecule has 1 aromatic heterocycles. The number of hydrogen-bond acceptors (Lipinski definition) is 5. The molecule has 17 heavy (non-hydrogen) atoms. The molecule has 0 bridgehead atoms. The van der Waals surface area contributed by atoms with Crippen LogP contribution in [0.25, 0.3) is 0 Å². The summed E-state index contributed by atoms with van der Waals surface area (Å²) in [6.45, 7) is 7.11. The van der Waals surface area contributed by atoms with Gasteiger partial charge in [-0.05, 0) is 27.0 Å². The number of nitrogens with one attached hydrogen (secondary N) is 1. The van der Waals surface area contributed by atoms with Crippen molar-refractivity contribution in [2.45, 2.75) is 44.6 Å². The molecule has 1 aromatic rings. The molecule has 0 radical (unpaired) electrons. The first-order valence-corrected chi connectivity index (χ1v) is 7.14. The highest BCUT2D eigenvalue weighted by molar-refractivity contribution is 7.99. The Kier molecular flexibility index (Phi) is 5.94. The topological polar surface area (TPSA) is 63.0 Å². The maximum atomic E-state index is 9.20. The number of hydrogen-bond donors (Lipinski definition) is 2. The van der Waals surface area contributed by atoms with Gasteiger partial charge in [-0.25, -0.2) is 9.67 Å². The Bertz CT molecular complexity index is 325. The fraction of sp³-hybridized carbons (Fsp3) is 0.818. The Hall–Kier alpha value is -0.590. The molecular formula is C11H22N4OS. The standard InChI is InChI=1S/C11H22N4OS/c1-8(2)15-11(13-7-14-15)5-12-9(3)10(6-16)17-4/h7-10,12,16H,5-6H2,1-4H3. The van der Waals surface area contributed by atoms with Gasteiger partial charge in [0, 0.05) is 17.3 Å². The average molecular weight is 258 g/mol.